The van der Waals surface area contributed by atoms with Crippen LogP contribution in [-0.2, 0) is 0 Å². The van der Waals surface area contributed by atoms with Crippen molar-refractivity contribution in [1.82, 2.24) is 0 Å². The summed E-state index contributed by atoms with van der Waals surface area (Å²) in [5, 5.41) is 0. The van der Waals surface area contributed by atoms with Crippen LogP contribution >= 0.6 is 0 Å². The smallest absolute Gasteiger partial charge is 0.134 e. The van der Waals surface area contributed by atoms with Gasteiger partial charge >= 0.3 is 0 Å². The van der Waals surface area contributed by atoms with Gasteiger partial charge in [0.05, 0.1) is 0 Å². The summed E-state index contributed by atoms with van der Waals surface area (Å²) < 4.78 is 5.86. The van der Waals surface area contributed by atoms with Gasteiger partial charge in [-0.2, -0.15) is 0 Å². The molecule has 0 saturated carbocycles. The Labute approximate surface area is 116 Å². The lowest BCUT2D eigenvalue weighted by Gasteiger charge is -2.18. The molecule has 0 aliphatic carbocycles. The number of hydrogen-bond donors (Lipinski definition) is 0. The van der Waals surface area contributed by atoms with E-state index in [0.29, 0.717) is 0 Å². The minimum absolute atomic E-state index is 0.231. The van der Waals surface area contributed by atoms with Crippen molar-refractivity contribution >= 4 is 6.08 Å². The van der Waals surface area contributed by atoms with Crippen LogP contribution in [0.25, 0.3) is 17.4 Å². The van der Waals surface area contributed by atoms with E-state index in [1.54, 1.807) is 0 Å². The molecule has 0 bridgehead atoms. The Bertz CT molecular complexity index is 532. The van der Waals surface area contributed by atoms with Crippen LogP contribution in [0.5, 0.6) is 0 Å². The largest absolute Gasteiger partial charge is 0.457 e. The highest BCUT2D eigenvalue weighted by atomic mass is 16.3. The van der Waals surface area contributed by atoms with Crippen LogP contribution in [-0.4, -0.2) is 0 Å². The van der Waals surface area contributed by atoms with E-state index in [4.69, 9.17) is 4.42 Å². The molecule has 0 saturated heterocycles. The topological polar surface area (TPSA) is 13.1 Å². The van der Waals surface area contributed by atoms with Gasteiger partial charge in [0.1, 0.15) is 11.5 Å². The van der Waals surface area contributed by atoms with Crippen LogP contribution in [0.3, 0.4) is 0 Å². The molecule has 0 radical (unpaired) electrons. The molecule has 0 spiro atoms. The van der Waals surface area contributed by atoms with Crippen LogP contribution in [0.2, 0.25) is 0 Å². The van der Waals surface area contributed by atoms with Gasteiger partial charge in [-0.15, -0.1) is 0 Å². The van der Waals surface area contributed by atoms with E-state index in [9.17, 15) is 0 Å². The molecular weight excluding hydrogens is 232 g/mol. The lowest BCUT2D eigenvalue weighted by atomic mass is 9.87. The van der Waals surface area contributed by atoms with Gasteiger partial charge in [0.15, 0.2) is 0 Å². The molecule has 0 unspecified atom stereocenters. The molecule has 0 atom stereocenters. The van der Waals surface area contributed by atoms with E-state index < -0.39 is 0 Å². The van der Waals surface area contributed by atoms with E-state index in [0.717, 1.165) is 17.1 Å². The maximum atomic E-state index is 5.86. The fraction of sp³-hybridized carbons (Fsp3) is 0.333. The van der Waals surface area contributed by atoms with E-state index in [-0.39, 0.29) is 5.41 Å². The summed E-state index contributed by atoms with van der Waals surface area (Å²) in [7, 11) is 0. The fourth-order valence-electron chi connectivity index (χ4n) is 2.24. The molecule has 100 valence electrons. The predicted molar refractivity (Wildman–Crippen MR) is 81.9 cm³/mol. The van der Waals surface area contributed by atoms with Crippen LogP contribution in [0.4, 0.5) is 0 Å². The van der Waals surface area contributed by atoms with Crippen LogP contribution in [0.1, 0.15) is 39.4 Å². The Balaban J connectivity index is 2.12. The van der Waals surface area contributed by atoms with Crippen molar-refractivity contribution < 1.29 is 4.42 Å². The van der Waals surface area contributed by atoms with Crippen molar-refractivity contribution in [1.29, 1.82) is 0 Å². The van der Waals surface area contributed by atoms with E-state index in [1.807, 2.05) is 30.3 Å². The summed E-state index contributed by atoms with van der Waals surface area (Å²) >= 11 is 0. The van der Waals surface area contributed by atoms with Crippen molar-refractivity contribution in [3.05, 3.63) is 54.3 Å². The number of rotatable bonds is 5. The van der Waals surface area contributed by atoms with Crippen LogP contribution in [0.15, 0.2) is 53.0 Å². The molecule has 19 heavy (non-hydrogen) atoms. The lowest BCUT2D eigenvalue weighted by Crippen LogP contribution is -2.05. The van der Waals surface area contributed by atoms with Crippen LogP contribution in [0, 0.1) is 5.41 Å². The maximum Gasteiger partial charge on any atom is 0.134 e. The van der Waals surface area contributed by atoms with Gasteiger partial charge in [0.25, 0.3) is 0 Å². The van der Waals surface area contributed by atoms with Gasteiger partial charge in [0.2, 0.25) is 0 Å². The third kappa shape index (κ3) is 3.85. The summed E-state index contributed by atoms with van der Waals surface area (Å²) in [6.07, 6.45) is 6.71. The second kappa shape index (κ2) is 5.92. The molecule has 1 nitrogen and oxygen atoms in total. The average Bonchev–Trinajstić information content (AvgIpc) is 2.86. The first-order valence-electron chi connectivity index (χ1n) is 6.95. The Morgan fingerprint density at radius 1 is 1.05 bits per heavy atom. The molecule has 0 amide bonds. The zero-order valence-corrected chi connectivity index (χ0v) is 12.0. The number of furan rings is 1. The molecular formula is C18H22O. The lowest BCUT2D eigenvalue weighted by molar-refractivity contribution is 0.433. The van der Waals surface area contributed by atoms with Crippen LogP contribution < -0.4 is 0 Å². The first-order chi connectivity index (χ1) is 9.11. The molecule has 1 aromatic carbocycles. The molecule has 2 aromatic rings. The monoisotopic (exact) mass is 254 g/mol. The van der Waals surface area contributed by atoms with Crippen molar-refractivity contribution in [2.75, 3.05) is 0 Å². The second-order valence-electron chi connectivity index (χ2n) is 5.64. The van der Waals surface area contributed by atoms with E-state index in [2.05, 4.69) is 45.1 Å². The first-order valence-corrected chi connectivity index (χ1v) is 6.95. The standard InChI is InChI=1S/C18H22O/c1-4-13-18(2,3)14-12-16-10-11-17(19-16)15-8-6-5-7-9-15/h5-12,14H,4,13H2,1-3H3/b14-12+. The van der Waals surface area contributed by atoms with Crippen molar-refractivity contribution in [2.24, 2.45) is 5.41 Å². The molecule has 0 N–H and O–H groups in total. The Kier molecular flexibility index (Phi) is 4.26. The Morgan fingerprint density at radius 3 is 2.47 bits per heavy atom. The van der Waals surface area contributed by atoms with Gasteiger partial charge in [-0.05, 0) is 30.0 Å². The minimum Gasteiger partial charge on any atom is -0.457 e. The van der Waals surface area contributed by atoms with Gasteiger partial charge < -0.3 is 4.42 Å². The van der Waals surface area contributed by atoms with Gasteiger partial charge in [-0.25, -0.2) is 0 Å². The van der Waals surface area contributed by atoms with Crippen molar-refractivity contribution in [3.63, 3.8) is 0 Å². The highest BCUT2D eigenvalue weighted by Crippen LogP contribution is 2.27. The zero-order valence-electron chi connectivity index (χ0n) is 12.0. The molecule has 1 aromatic heterocycles. The van der Waals surface area contributed by atoms with E-state index in [1.165, 1.54) is 12.8 Å². The highest BCUT2D eigenvalue weighted by molar-refractivity contribution is 5.59. The third-order valence-corrected chi connectivity index (χ3v) is 3.28. The number of allylic oxidation sites excluding steroid dienone is 1. The minimum atomic E-state index is 0.231. The summed E-state index contributed by atoms with van der Waals surface area (Å²) in [6, 6.07) is 14.2. The maximum absolute atomic E-state index is 5.86. The molecule has 0 fully saturated rings. The predicted octanol–water partition coefficient (Wildman–Crippen LogP) is 5.79. The normalized spacial score (nSPS) is 12.2. The zero-order chi connectivity index (χ0) is 13.7. The van der Waals surface area contributed by atoms with Crippen molar-refractivity contribution in [3.8, 4) is 11.3 Å². The van der Waals surface area contributed by atoms with E-state index >= 15 is 0 Å². The quantitative estimate of drug-likeness (QED) is 0.658. The average molecular weight is 254 g/mol. The molecule has 2 rings (SSSR count). The number of hydrogen-bond acceptors (Lipinski definition) is 1. The third-order valence-electron chi connectivity index (χ3n) is 3.28. The molecule has 1 heteroatoms. The Hall–Kier alpha value is -1.76. The fourth-order valence-corrected chi connectivity index (χ4v) is 2.24. The Morgan fingerprint density at radius 2 is 1.79 bits per heavy atom. The van der Waals surface area contributed by atoms with Gasteiger partial charge in [-0.3, -0.25) is 0 Å². The summed E-state index contributed by atoms with van der Waals surface area (Å²) in [6.45, 7) is 6.73. The summed E-state index contributed by atoms with van der Waals surface area (Å²) in [5.41, 5.74) is 1.35. The van der Waals surface area contributed by atoms with Gasteiger partial charge in [0, 0.05) is 5.56 Å². The van der Waals surface area contributed by atoms with Gasteiger partial charge in [-0.1, -0.05) is 63.6 Å². The molecule has 1 heterocycles. The molecule has 0 aliphatic rings. The number of benzene rings is 1. The van der Waals surface area contributed by atoms with Crippen molar-refractivity contribution in [2.45, 2.75) is 33.6 Å². The highest BCUT2D eigenvalue weighted by Gasteiger charge is 2.12. The summed E-state index contributed by atoms with van der Waals surface area (Å²) in [5.74, 6) is 1.84. The second-order valence-corrected chi connectivity index (χ2v) is 5.64. The summed E-state index contributed by atoms with van der Waals surface area (Å²) in [4.78, 5) is 0. The SMILES string of the molecule is CCCC(C)(C)/C=C/c1ccc(-c2ccccc2)o1. The molecule has 0 aliphatic heterocycles. The first kappa shape index (κ1) is 13.7.